The molecule has 0 aromatic carbocycles. The average Bonchev–Trinajstić information content (AvgIpc) is 2.83. The lowest BCUT2D eigenvalue weighted by molar-refractivity contribution is -0.145. The Labute approximate surface area is 121 Å². The Hall–Kier alpha value is -1.69. The number of nitrogens with zero attached hydrogens (tertiary/aromatic N) is 2. The molecule has 20 heavy (non-hydrogen) atoms. The lowest BCUT2D eigenvalue weighted by atomic mass is 9.95. The average molecular weight is 298 g/mol. The third-order valence-corrected chi connectivity index (χ3v) is 3.95. The zero-order chi connectivity index (χ0) is 14.7. The predicted octanol–water partition coefficient (Wildman–Crippen LogP) is 2.21. The van der Waals surface area contributed by atoms with E-state index in [1.165, 1.54) is 12.3 Å². The van der Waals surface area contributed by atoms with Crippen molar-refractivity contribution in [2.45, 2.75) is 26.2 Å². The molecule has 108 valence electrons. The van der Waals surface area contributed by atoms with Crippen LogP contribution in [0.1, 0.15) is 26.2 Å². The van der Waals surface area contributed by atoms with Gasteiger partial charge in [0, 0.05) is 6.20 Å². The van der Waals surface area contributed by atoms with E-state index in [0.717, 1.165) is 6.42 Å². The standard InChI is InChI=1S/C13H16ClN3O3/c1-2-7-5-8(9(6-7)12(19)20)11(18)16-10-3-4-15-13(14)17-10/h3-4,7-9H,2,5-6H2,1H3,(H,19,20)(H,15,16,17,18)/t7?,8-,9+/m0/s1. The third-order valence-electron chi connectivity index (χ3n) is 3.77. The highest BCUT2D eigenvalue weighted by Crippen LogP contribution is 2.38. The quantitative estimate of drug-likeness (QED) is 0.831. The number of aliphatic carboxylic acids is 1. The van der Waals surface area contributed by atoms with Crippen LogP contribution in [0.4, 0.5) is 5.82 Å². The van der Waals surface area contributed by atoms with Gasteiger partial charge in [0.05, 0.1) is 11.8 Å². The van der Waals surface area contributed by atoms with Crippen molar-refractivity contribution in [2.75, 3.05) is 5.32 Å². The number of halogens is 1. The van der Waals surface area contributed by atoms with Gasteiger partial charge in [0.15, 0.2) is 0 Å². The number of carbonyl (C=O) groups excluding carboxylic acids is 1. The summed E-state index contributed by atoms with van der Waals surface area (Å²) < 4.78 is 0. The molecule has 1 aromatic rings. The van der Waals surface area contributed by atoms with Crippen LogP contribution in [0.2, 0.25) is 5.28 Å². The van der Waals surface area contributed by atoms with Crippen molar-refractivity contribution in [3.8, 4) is 0 Å². The van der Waals surface area contributed by atoms with Gasteiger partial charge in [0.2, 0.25) is 11.2 Å². The summed E-state index contributed by atoms with van der Waals surface area (Å²) in [5.74, 6) is -1.81. The Morgan fingerprint density at radius 2 is 2.15 bits per heavy atom. The molecule has 6 nitrogen and oxygen atoms in total. The molecule has 1 aliphatic rings. The lowest BCUT2D eigenvalue weighted by Crippen LogP contribution is -2.30. The first kappa shape index (κ1) is 14.7. The second-order valence-electron chi connectivity index (χ2n) is 5.00. The van der Waals surface area contributed by atoms with Gasteiger partial charge in [-0.1, -0.05) is 13.3 Å². The first-order chi connectivity index (χ1) is 9.51. The van der Waals surface area contributed by atoms with Crippen LogP contribution in [0.5, 0.6) is 0 Å². The third kappa shape index (κ3) is 3.25. The Morgan fingerprint density at radius 1 is 1.45 bits per heavy atom. The van der Waals surface area contributed by atoms with Gasteiger partial charge in [0.1, 0.15) is 5.82 Å². The van der Waals surface area contributed by atoms with Gasteiger partial charge in [-0.2, -0.15) is 0 Å². The van der Waals surface area contributed by atoms with Crippen LogP contribution in [0, 0.1) is 17.8 Å². The van der Waals surface area contributed by atoms with E-state index in [2.05, 4.69) is 15.3 Å². The van der Waals surface area contributed by atoms with Gasteiger partial charge in [-0.05, 0) is 36.4 Å². The van der Waals surface area contributed by atoms with E-state index >= 15 is 0 Å². The Morgan fingerprint density at radius 3 is 2.75 bits per heavy atom. The molecule has 1 unspecified atom stereocenters. The normalized spacial score (nSPS) is 25.4. The van der Waals surface area contributed by atoms with Crippen LogP contribution in [0.3, 0.4) is 0 Å². The summed E-state index contributed by atoms with van der Waals surface area (Å²) in [5, 5.41) is 11.9. The SMILES string of the molecule is CCC1C[C@H](C(=O)Nc2ccnc(Cl)n2)[C@H](C(=O)O)C1. The minimum absolute atomic E-state index is 0.0374. The molecule has 1 heterocycles. The zero-order valence-electron chi connectivity index (χ0n) is 11.0. The fourth-order valence-corrected chi connectivity index (χ4v) is 2.81. The molecule has 0 saturated heterocycles. The van der Waals surface area contributed by atoms with Crippen LogP contribution >= 0.6 is 11.6 Å². The first-order valence-electron chi connectivity index (χ1n) is 6.53. The second-order valence-corrected chi connectivity index (χ2v) is 5.34. The molecular weight excluding hydrogens is 282 g/mol. The molecule has 1 fully saturated rings. The molecule has 0 radical (unpaired) electrons. The summed E-state index contributed by atoms with van der Waals surface area (Å²) in [6.45, 7) is 2.01. The largest absolute Gasteiger partial charge is 0.481 e. The van der Waals surface area contributed by atoms with Crippen LogP contribution in [0.25, 0.3) is 0 Å². The number of carboxylic acids is 1. The predicted molar refractivity (Wildman–Crippen MR) is 73.3 cm³/mol. The van der Waals surface area contributed by atoms with E-state index in [1.54, 1.807) is 0 Å². The maximum atomic E-state index is 12.2. The van der Waals surface area contributed by atoms with Gasteiger partial charge in [-0.3, -0.25) is 9.59 Å². The fraction of sp³-hybridized carbons (Fsp3) is 0.538. The van der Waals surface area contributed by atoms with E-state index in [4.69, 9.17) is 11.6 Å². The molecule has 7 heteroatoms. The van der Waals surface area contributed by atoms with E-state index in [1.807, 2.05) is 6.92 Å². The molecule has 1 aromatic heterocycles. The van der Waals surface area contributed by atoms with Crippen molar-refractivity contribution in [1.29, 1.82) is 0 Å². The first-order valence-corrected chi connectivity index (χ1v) is 6.91. The number of carbonyl (C=O) groups is 2. The summed E-state index contributed by atoms with van der Waals surface area (Å²) in [6, 6.07) is 1.52. The van der Waals surface area contributed by atoms with Gasteiger partial charge in [-0.25, -0.2) is 9.97 Å². The molecule has 1 amide bonds. The van der Waals surface area contributed by atoms with Crippen molar-refractivity contribution < 1.29 is 14.7 Å². The van der Waals surface area contributed by atoms with Gasteiger partial charge >= 0.3 is 5.97 Å². The van der Waals surface area contributed by atoms with E-state index in [-0.39, 0.29) is 17.1 Å². The van der Waals surface area contributed by atoms with Crippen LogP contribution < -0.4 is 5.32 Å². The van der Waals surface area contributed by atoms with Crippen LogP contribution in [-0.4, -0.2) is 27.0 Å². The van der Waals surface area contributed by atoms with Gasteiger partial charge in [0.25, 0.3) is 0 Å². The molecule has 0 aliphatic heterocycles. The zero-order valence-corrected chi connectivity index (χ0v) is 11.8. The van der Waals surface area contributed by atoms with Crippen LogP contribution in [-0.2, 0) is 9.59 Å². The number of hydrogen-bond donors (Lipinski definition) is 2. The Balaban J connectivity index is 2.09. The Bertz CT molecular complexity index is 523. The maximum absolute atomic E-state index is 12.2. The van der Waals surface area contributed by atoms with E-state index < -0.39 is 17.8 Å². The number of nitrogens with one attached hydrogen (secondary N) is 1. The summed E-state index contributed by atoms with van der Waals surface area (Å²) in [4.78, 5) is 31.1. The van der Waals surface area contributed by atoms with Crippen LogP contribution in [0.15, 0.2) is 12.3 Å². The van der Waals surface area contributed by atoms with E-state index in [9.17, 15) is 14.7 Å². The molecular formula is C13H16ClN3O3. The molecule has 1 saturated carbocycles. The number of rotatable bonds is 4. The summed E-state index contributed by atoms with van der Waals surface area (Å²) >= 11 is 5.65. The monoisotopic (exact) mass is 297 g/mol. The molecule has 1 aliphatic carbocycles. The number of amides is 1. The van der Waals surface area contributed by atoms with Gasteiger partial charge < -0.3 is 10.4 Å². The number of hydrogen-bond acceptors (Lipinski definition) is 4. The van der Waals surface area contributed by atoms with E-state index in [0.29, 0.717) is 18.7 Å². The van der Waals surface area contributed by atoms with Crippen molar-refractivity contribution >= 4 is 29.3 Å². The lowest BCUT2D eigenvalue weighted by Gasteiger charge is -2.15. The van der Waals surface area contributed by atoms with Crippen molar-refractivity contribution in [2.24, 2.45) is 17.8 Å². The highest BCUT2D eigenvalue weighted by molar-refractivity contribution is 6.28. The number of anilines is 1. The molecule has 0 spiro atoms. The molecule has 2 rings (SSSR count). The van der Waals surface area contributed by atoms with Crippen molar-refractivity contribution in [1.82, 2.24) is 9.97 Å². The number of carboxylic acid groups (broad SMARTS) is 1. The Kier molecular flexibility index (Phi) is 4.54. The topological polar surface area (TPSA) is 92.2 Å². The second kappa shape index (κ2) is 6.17. The molecule has 0 bridgehead atoms. The molecule has 3 atom stereocenters. The highest BCUT2D eigenvalue weighted by Gasteiger charge is 2.42. The van der Waals surface area contributed by atoms with Crippen molar-refractivity contribution in [3.05, 3.63) is 17.5 Å². The highest BCUT2D eigenvalue weighted by atomic mass is 35.5. The smallest absolute Gasteiger partial charge is 0.307 e. The maximum Gasteiger partial charge on any atom is 0.307 e. The fourth-order valence-electron chi connectivity index (χ4n) is 2.66. The minimum Gasteiger partial charge on any atom is -0.481 e. The minimum atomic E-state index is -0.915. The van der Waals surface area contributed by atoms with Crippen molar-refractivity contribution in [3.63, 3.8) is 0 Å². The summed E-state index contributed by atoms with van der Waals surface area (Å²) in [7, 11) is 0. The molecule has 2 N–H and O–H groups in total. The summed E-state index contributed by atoms with van der Waals surface area (Å²) in [6.07, 6.45) is 3.46. The van der Waals surface area contributed by atoms with Gasteiger partial charge in [-0.15, -0.1) is 0 Å². The summed E-state index contributed by atoms with van der Waals surface area (Å²) in [5.41, 5.74) is 0. The number of aromatic nitrogens is 2.